The van der Waals surface area contributed by atoms with Crippen molar-refractivity contribution in [1.82, 2.24) is 14.8 Å². The van der Waals surface area contributed by atoms with E-state index < -0.39 is 0 Å². The molecule has 1 aromatic rings. The molecule has 2 aliphatic heterocycles. The number of hydrogen-bond acceptors (Lipinski definition) is 4. The molecule has 0 radical (unpaired) electrons. The number of piperazine rings is 1. The second-order valence-corrected chi connectivity index (χ2v) is 6.36. The number of hydrogen-bond donors (Lipinski definition) is 0. The molecule has 2 fully saturated rings. The van der Waals surface area contributed by atoms with Crippen molar-refractivity contribution in [2.75, 3.05) is 19.6 Å². The Morgan fingerprint density at radius 3 is 3.18 bits per heavy atom. The molecule has 2 aliphatic rings. The van der Waals surface area contributed by atoms with Gasteiger partial charge in [-0.3, -0.25) is 14.8 Å². The molecule has 2 unspecified atom stereocenters. The minimum absolute atomic E-state index is 0.687. The molecule has 0 bridgehead atoms. The fourth-order valence-electron chi connectivity index (χ4n) is 3.15. The van der Waals surface area contributed by atoms with Crippen molar-refractivity contribution in [3.63, 3.8) is 0 Å². The predicted molar refractivity (Wildman–Crippen MR) is 71.2 cm³/mol. The van der Waals surface area contributed by atoms with Crippen molar-refractivity contribution in [2.24, 2.45) is 0 Å². The Morgan fingerprint density at radius 1 is 1.41 bits per heavy atom. The highest BCUT2D eigenvalue weighted by Gasteiger charge is 2.32. The third-order valence-electron chi connectivity index (χ3n) is 4.16. The summed E-state index contributed by atoms with van der Waals surface area (Å²) in [5.41, 5.74) is 1.94. The summed E-state index contributed by atoms with van der Waals surface area (Å²) in [5, 5.41) is 0. The van der Waals surface area contributed by atoms with Crippen molar-refractivity contribution >= 4 is 11.3 Å². The van der Waals surface area contributed by atoms with E-state index in [1.54, 1.807) is 11.3 Å². The van der Waals surface area contributed by atoms with Gasteiger partial charge in [-0.15, -0.1) is 11.3 Å². The Morgan fingerprint density at radius 2 is 2.35 bits per heavy atom. The summed E-state index contributed by atoms with van der Waals surface area (Å²) in [6.45, 7) is 7.29. The highest BCUT2D eigenvalue weighted by Crippen LogP contribution is 2.25. The van der Waals surface area contributed by atoms with E-state index in [9.17, 15) is 0 Å². The average Bonchev–Trinajstić information content (AvgIpc) is 2.83. The van der Waals surface area contributed by atoms with Gasteiger partial charge in [0.2, 0.25) is 0 Å². The van der Waals surface area contributed by atoms with E-state index in [1.165, 1.54) is 43.8 Å². The first-order valence-corrected chi connectivity index (χ1v) is 7.56. The first-order valence-electron chi connectivity index (χ1n) is 6.68. The molecule has 17 heavy (non-hydrogen) atoms. The largest absolute Gasteiger partial charge is 0.298 e. The molecule has 3 heterocycles. The van der Waals surface area contributed by atoms with Gasteiger partial charge in [-0.1, -0.05) is 6.42 Å². The fraction of sp³-hybridized carbons (Fsp3) is 0.769. The normalized spacial score (nSPS) is 31.4. The van der Waals surface area contributed by atoms with E-state index in [0.717, 1.165) is 12.6 Å². The lowest BCUT2D eigenvalue weighted by molar-refractivity contribution is 0.0115. The second-order valence-electron chi connectivity index (χ2n) is 5.39. The van der Waals surface area contributed by atoms with Crippen LogP contribution in [0.5, 0.6) is 0 Å². The molecule has 0 aliphatic carbocycles. The van der Waals surface area contributed by atoms with E-state index in [0.29, 0.717) is 6.04 Å². The molecule has 3 rings (SSSR count). The van der Waals surface area contributed by atoms with Crippen LogP contribution in [-0.2, 0) is 6.54 Å². The molecule has 4 heteroatoms. The summed E-state index contributed by atoms with van der Waals surface area (Å²) in [4.78, 5) is 10.9. The lowest BCUT2D eigenvalue weighted by Gasteiger charge is -2.47. The third kappa shape index (κ3) is 2.54. The topological polar surface area (TPSA) is 19.4 Å². The summed E-state index contributed by atoms with van der Waals surface area (Å²) in [5.74, 6) is 0. The van der Waals surface area contributed by atoms with Crippen molar-refractivity contribution < 1.29 is 0 Å². The smallest absolute Gasteiger partial charge is 0.0794 e. The molecule has 2 saturated heterocycles. The number of aromatic nitrogens is 1. The lowest BCUT2D eigenvalue weighted by Crippen LogP contribution is -2.58. The lowest BCUT2D eigenvalue weighted by atomic mass is 9.97. The molecule has 3 nitrogen and oxygen atoms in total. The molecule has 0 amide bonds. The highest BCUT2D eigenvalue weighted by atomic mass is 32.1. The van der Waals surface area contributed by atoms with Gasteiger partial charge in [-0.25, -0.2) is 0 Å². The van der Waals surface area contributed by atoms with Gasteiger partial charge in [0.15, 0.2) is 0 Å². The van der Waals surface area contributed by atoms with Crippen LogP contribution >= 0.6 is 11.3 Å². The van der Waals surface area contributed by atoms with E-state index in [1.807, 2.05) is 11.7 Å². The van der Waals surface area contributed by atoms with Crippen LogP contribution in [0, 0.1) is 0 Å². The van der Waals surface area contributed by atoms with Crippen molar-refractivity contribution in [3.05, 3.63) is 16.6 Å². The molecule has 2 atom stereocenters. The van der Waals surface area contributed by atoms with Crippen LogP contribution in [-0.4, -0.2) is 46.5 Å². The zero-order valence-corrected chi connectivity index (χ0v) is 11.3. The molecule has 94 valence electrons. The molecule has 0 spiro atoms. The van der Waals surface area contributed by atoms with Gasteiger partial charge < -0.3 is 0 Å². The van der Waals surface area contributed by atoms with Crippen molar-refractivity contribution in [2.45, 2.75) is 44.8 Å². The van der Waals surface area contributed by atoms with Gasteiger partial charge in [-0.2, -0.15) is 0 Å². The summed E-state index contributed by atoms with van der Waals surface area (Å²) in [7, 11) is 0. The monoisotopic (exact) mass is 251 g/mol. The van der Waals surface area contributed by atoms with Gasteiger partial charge >= 0.3 is 0 Å². The summed E-state index contributed by atoms with van der Waals surface area (Å²) in [6.07, 6.45) is 6.23. The van der Waals surface area contributed by atoms with E-state index in [2.05, 4.69) is 21.7 Å². The van der Waals surface area contributed by atoms with Gasteiger partial charge in [0, 0.05) is 42.8 Å². The maximum atomic E-state index is 4.18. The summed E-state index contributed by atoms with van der Waals surface area (Å²) < 4.78 is 0. The first-order chi connectivity index (χ1) is 8.33. The first kappa shape index (κ1) is 11.6. The zero-order chi connectivity index (χ0) is 11.7. The molecular weight excluding hydrogens is 230 g/mol. The number of piperidine rings is 1. The molecule has 1 aromatic heterocycles. The third-order valence-corrected chi connectivity index (χ3v) is 4.92. The molecule has 0 N–H and O–H groups in total. The Kier molecular flexibility index (Phi) is 3.45. The number of nitrogens with zero attached hydrogens (tertiary/aromatic N) is 3. The Labute approximate surface area is 107 Å². The van der Waals surface area contributed by atoms with Crippen LogP contribution in [0.2, 0.25) is 0 Å². The van der Waals surface area contributed by atoms with Crippen LogP contribution in [0.4, 0.5) is 0 Å². The Bertz CT molecular complexity index is 352. The predicted octanol–water partition coefficient (Wildman–Crippen LogP) is 2.20. The van der Waals surface area contributed by atoms with Crippen molar-refractivity contribution in [3.8, 4) is 0 Å². The van der Waals surface area contributed by atoms with Gasteiger partial charge in [-0.05, 0) is 26.3 Å². The van der Waals surface area contributed by atoms with E-state index >= 15 is 0 Å². The van der Waals surface area contributed by atoms with Crippen LogP contribution in [0.1, 0.15) is 31.1 Å². The van der Waals surface area contributed by atoms with Gasteiger partial charge in [0.1, 0.15) is 0 Å². The van der Waals surface area contributed by atoms with E-state index in [-0.39, 0.29) is 0 Å². The number of thiazole rings is 1. The maximum Gasteiger partial charge on any atom is 0.0794 e. The fourth-order valence-corrected chi connectivity index (χ4v) is 3.77. The minimum Gasteiger partial charge on any atom is -0.298 e. The van der Waals surface area contributed by atoms with Crippen LogP contribution < -0.4 is 0 Å². The van der Waals surface area contributed by atoms with E-state index in [4.69, 9.17) is 0 Å². The van der Waals surface area contributed by atoms with Gasteiger partial charge in [0.05, 0.1) is 5.51 Å². The maximum absolute atomic E-state index is 4.18. The SMILES string of the molecule is CC1CN2CCCCC2CN1Cc1cncs1. The Balaban J connectivity index is 1.65. The number of rotatable bonds is 2. The standard InChI is InChI=1S/C13H21N3S/c1-11-7-15-5-3-2-4-12(15)8-16(11)9-13-6-14-10-17-13/h6,10-12H,2-5,7-9H2,1H3. The average molecular weight is 251 g/mol. The molecular formula is C13H21N3S. The highest BCUT2D eigenvalue weighted by molar-refractivity contribution is 7.09. The molecule has 0 aromatic carbocycles. The summed E-state index contributed by atoms with van der Waals surface area (Å²) >= 11 is 1.78. The van der Waals surface area contributed by atoms with Crippen LogP contribution in [0.3, 0.4) is 0 Å². The summed E-state index contributed by atoms with van der Waals surface area (Å²) in [6, 6.07) is 1.50. The zero-order valence-electron chi connectivity index (χ0n) is 10.5. The van der Waals surface area contributed by atoms with Crippen LogP contribution in [0.25, 0.3) is 0 Å². The molecule has 0 saturated carbocycles. The van der Waals surface area contributed by atoms with Crippen LogP contribution in [0.15, 0.2) is 11.7 Å². The quantitative estimate of drug-likeness (QED) is 0.803. The van der Waals surface area contributed by atoms with Gasteiger partial charge in [0.25, 0.3) is 0 Å². The van der Waals surface area contributed by atoms with Crippen molar-refractivity contribution in [1.29, 1.82) is 0 Å². The minimum atomic E-state index is 0.687. The number of fused-ring (bicyclic) bond motifs is 1. The second kappa shape index (κ2) is 5.04. The Hall–Kier alpha value is -0.450.